The minimum absolute atomic E-state index is 0.322. The van der Waals surface area contributed by atoms with Crippen molar-refractivity contribution in [2.45, 2.75) is 15.2 Å². The highest BCUT2D eigenvalue weighted by Crippen LogP contribution is 2.63. The Kier molecular flexibility index (Phi) is 5.34. The molecular weight excluding hydrogens is 597 g/mol. The van der Waals surface area contributed by atoms with Crippen molar-refractivity contribution >= 4 is 22.5 Å². The molecule has 0 bridgehead atoms. The third-order valence-electron chi connectivity index (χ3n) is 10.9. The number of rotatable bonds is 2. The van der Waals surface area contributed by atoms with Crippen molar-refractivity contribution in [3.63, 3.8) is 0 Å². The Hall–Kier alpha value is -5.63. The van der Waals surface area contributed by atoms with Gasteiger partial charge in [-0.25, -0.2) is 0 Å². The van der Waals surface area contributed by atoms with E-state index >= 15 is 0 Å². The van der Waals surface area contributed by atoms with E-state index in [-0.39, 0.29) is 5.41 Å². The van der Waals surface area contributed by atoms with Crippen LogP contribution in [-0.4, -0.2) is 0 Å². The Morgan fingerprint density at radius 3 is 1.46 bits per heavy atom. The second-order valence-electron chi connectivity index (χ2n) is 13.2. The van der Waals surface area contributed by atoms with Crippen LogP contribution in [0.15, 0.2) is 180 Å². The van der Waals surface area contributed by atoms with Gasteiger partial charge in [-0.15, -0.1) is 0 Å². The van der Waals surface area contributed by atoms with E-state index in [1.54, 1.807) is 0 Å². The average molecular weight is 625 g/mol. The summed E-state index contributed by atoms with van der Waals surface area (Å²) in [5, 5.41) is 2.68. The Balaban J connectivity index is 1.03. The van der Waals surface area contributed by atoms with Gasteiger partial charge in [0.2, 0.25) is 0 Å². The molecule has 1 aliphatic heterocycles. The molecule has 0 fully saturated rings. The summed E-state index contributed by atoms with van der Waals surface area (Å²) in [6.45, 7) is 0. The van der Waals surface area contributed by atoms with Crippen LogP contribution in [0.3, 0.4) is 0 Å². The van der Waals surface area contributed by atoms with Crippen LogP contribution in [0.4, 0.5) is 0 Å². The fourth-order valence-corrected chi connectivity index (χ4v) is 10.0. The maximum absolute atomic E-state index is 2.47. The van der Waals surface area contributed by atoms with Crippen molar-refractivity contribution in [3.8, 4) is 55.6 Å². The van der Waals surface area contributed by atoms with Gasteiger partial charge in [-0.2, -0.15) is 0 Å². The molecule has 8 aromatic carbocycles. The third-order valence-corrected chi connectivity index (χ3v) is 12.0. The van der Waals surface area contributed by atoms with Gasteiger partial charge in [-0.05, 0) is 108 Å². The van der Waals surface area contributed by atoms with Gasteiger partial charge in [0.25, 0.3) is 0 Å². The van der Waals surface area contributed by atoms with Gasteiger partial charge < -0.3 is 0 Å². The highest BCUT2D eigenvalue weighted by atomic mass is 32.2. The number of hydrogen-bond donors (Lipinski definition) is 0. The van der Waals surface area contributed by atoms with Crippen LogP contribution in [0.5, 0.6) is 0 Å². The molecule has 8 aromatic rings. The van der Waals surface area contributed by atoms with E-state index in [1.165, 1.54) is 98.5 Å². The molecule has 0 unspecified atom stereocenters. The fraction of sp³-hybridized carbons (Fsp3) is 0.0213. The molecule has 48 heavy (non-hydrogen) atoms. The van der Waals surface area contributed by atoms with Crippen molar-refractivity contribution in [2.24, 2.45) is 0 Å². The molecular formula is C47H28S. The van der Waals surface area contributed by atoms with Crippen molar-refractivity contribution < 1.29 is 0 Å². The van der Waals surface area contributed by atoms with Crippen LogP contribution in [0, 0.1) is 0 Å². The van der Waals surface area contributed by atoms with Crippen molar-refractivity contribution in [1.82, 2.24) is 0 Å². The third kappa shape index (κ3) is 3.41. The van der Waals surface area contributed by atoms with E-state index in [2.05, 4.69) is 170 Å². The van der Waals surface area contributed by atoms with E-state index < -0.39 is 0 Å². The Bertz CT molecular complexity index is 2570. The van der Waals surface area contributed by atoms with Gasteiger partial charge >= 0.3 is 0 Å². The summed E-state index contributed by atoms with van der Waals surface area (Å²) in [5.74, 6) is 0. The molecule has 222 valence electrons. The summed E-state index contributed by atoms with van der Waals surface area (Å²) in [6.07, 6.45) is 0. The lowest BCUT2D eigenvalue weighted by atomic mass is 9.70. The molecule has 0 saturated carbocycles. The minimum atomic E-state index is -0.322. The van der Waals surface area contributed by atoms with Gasteiger partial charge in [0.15, 0.2) is 0 Å². The Morgan fingerprint density at radius 1 is 0.312 bits per heavy atom. The summed E-state index contributed by atoms with van der Waals surface area (Å²) >= 11 is 1.88. The number of benzene rings is 8. The molecule has 0 saturated heterocycles. The topological polar surface area (TPSA) is 0 Å². The number of hydrogen-bond acceptors (Lipinski definition) is 1. The lowest BCUT2D eigenvalue weighted by Gasteiger charge is -2.30. The molecule has 1 heterocycles. The first-order valence-corrected chi connectivity index (χ1v) is 17.5. The SMILES string of the molecule is c1ccc2c(c1)-c1ccccc1C21c2ccccc2-c2ccc(-c3ccc(-c4ccc5c(c4)-c4cccc6cccc(c46)S5)cc3)cc21. The first-order chi connectivity index (χ1) is 23.8. The highest BCUT2D eigenvalue weighted by molar-refractivity contribution is 7.99. The molecule has 1 spiro atoms. The first kappa shape index (κ1) is 26.4. The lowest BCUT2D eigenvalue weighted by Crippen LogP contribution is -2.25. The molecule has 0 nitrogen and oxygen atoms in total. The van der Waals surface area contributed by atoms with Crippen molar-refractivity contribution in [2.75, 3.05) is 0 Å². The lowest BCUT2D eigenvalue weighted by molar-refractivity contribution is 0.794. The zero-order valence-corrected chi connectivity index (χ0v) is 26.9. The number of fused-ring (bicyclic) bond motifs is 12. The molecule has 0 amide bonds. The van der Waals surface area contributed by atoms with Gasteiger partial charge in [0.1, 0.15) is 0 Å². The van der Waals surface area contributed by atoms with Crippen LogP contribution in [0.25, 0.3) is 66.4 Å². The average Bonchev–Trinajstić information content (AvgIpc) is 3.62. The molecule has 11 rings (SSSR count). The summed E-state index contributed by atoms with van der Waals surface area (Å²) in [5.41, 5.74) is 18.2. The van der Waals surface area contributed by atoms with E-state index in [4.69, 9.17) is 0 Å². The summed E-state index contributed by atoms with van der Waals surface area (Å²) in [4.78, 5) is 2.67. The summed E-state index contributed by atoms with van der Waals surface area (Å²) < 4.78 is 0. The minimum Gasteiger partial charge on any atom is -0.0888 e. The molecule has 0 radical (unpaired) electrons. The summed E-state index contributed by atoms with van der Waals surface area (Å²) in [6, 6.07) is 63.7. The van der Waals surface area contributed by atoms with E-state index in [1.807, 2.05) is 11.8 Å². The molecule has 3 aliphatic rings. The predicted octanol–water partition coefficient (Wildman–Crippen LogP) is 12.6. The van der Waals surface area contributed by atoms with Crippen LogP contribution < -0.4 is 0 Å². The molecule has 2 aliphatic carbocycles. The van der Waals surface area contributed by atoms with Crippen LogP contribution in [-0.2, 0) is 5.41 Å². The summed E-state index contributed by atoms with van der Waals surface area (Å²) in [7, 11) is 0. The fourth-order valence-electron chi connectivity index (χ4n) is 8.87. The standard InChI is InChI=1S/C47H28S/c1-4-15-40-34(11-1)35-12-2-5-16-41(35)47(40)42-17-6-3-13-36(42)37-25-23-33(28-43(37)47)30-21-19-29(20-22-30)32-24-26-44-39(27-32)38-14-7-9-31-10-8-18-45(48-44)46(31)38/h1-28H. The van der Waals surface area contributed by atoms with E-state index in [0.717, 1.165) is 0 Å². The van der Waals surface area contributed by atoms with E-state index in [9.17, 15) is 0 Å². The Morgan fingerprint density at radius 2 is 0.812 bits per heavy atom. The van der Waals surface area contributed by atoms with Crippen LogP contribution >= 0.6 is 11.8 Å². The smallest absolute Gasteiger partial charge is 0.0725 e. The second-order valence-corrected chi connectivity index (χ2v) is 14.3. The van der Waals surface area contributed by atoms with Crippen molar-refractivity contribution in [3.05, 3.63) is 192 Å². The van der Waals surface area contributed by atoms with E-state index in [0.29, 0.717) is 0 Å². The van der Waals surface area contributed by atoms with Gasteiger partial charge in [-0.1, -0.05) is 157 Å². The first-order valence-electron chi connectivity index (χ1n) is 16.7. The zero-order valence-electron chi connectivity index (χ0n) is 26.1. The highest BCUT2D eigenvalue weighted by Gasteiger charge is 2.51. The molecule has 0 atom stereocenters. The Labute approximate surface area is 284 Å². The van der Waals surface area contributed by atoms with Crippen LogP contribution in [0.1, 0.15) is 22.3 Å². The largest absolute Gasteiger partial charge is 0.0888 e. The molecule has 0 aromatic heterocycles. The zero-order chi connectivity index (χ0) is 31.4. The maximum Gasteiger partial charge on any atom is 0.0725 e. The van der Waals surface area contributed by atoms with Gasteiger partial charge in [-0.3, -0.25) is 0 Å². The van der Waals surface area contributed by atoms with Gasteiger partial charge in [0.05, 0.1) is 5.41 Å². The maximum atomic E-state index is 2.47. The quantitative estimate of drug-likeness (QED) is 0.184. The predicted molar refractivity (Wildman–Crippen MR) is 201 cm³/mol. The monoisotopic (exact) mass is 624 g/mol. The normalized spacial score (nSPS) is 13.9. The second kappa shape index (κ2) is 9.70. The molecule has 1 heteroatoms. The van der Waals surface area contributed by atoms with Crippen LogP contribution in [0.2, 0.25) is 0 Å². The molecule has 0 N–H and O–H groups in total. The van der Waals surface area contributed by atoms with Crippen molar-refractivity contribution in [1.29, 1.82) is 0 Å². The van der Waals surface area contributed by atoms with Gasteiger partial charge in [0, 0.05) is 15.2 Å².